The molecule has 3 heterocycles. The Labute approximate surface area is 160 Å². The Bertz CT molecular complexity index is 1150. The van der Waals surface area contributed by atoms with Crippen molar-refractivity contribution in [2.24, 2.45) is 0 Å². The van der Waals surface area contributed by atoms with Gasteiger partial charge in [-0.2, -0.15) is 0 Å². The molecule has 27 heavy (non-hydrogen) atoms. The number of aryl methyl sites for hydroxylation is 1. The third-order valence-electron chi connectivity index (χ3n) is 5.22. The van der Waals surface area contributed by atoms with Gasteiger partial charge in [0.25, 0.3) is 0 Å². The molecule has 0 radical (unpaired) electrons. The van der Waals surface area contributed by atoms with Crippen molar-refractivity contribution < 1.29 is 4.39 Å². The van der Waals surface area contributed by atoms with Crippen LogP contribution in [-0.2, 0) is 6.54 Å². The molecule has 0 saturated heterocycles. The summed E-state index contributed by atoms with van der Waals surface area (Å²) < 4.78 is 17.9. The van der Waals surface area contributed by atoms with Gasteiger partial charge in [0.2, 0.25) is 0 Å². The van der Waals surface area contributed by atoms with E-state index in [4.69, 9.17) is 16.6 Å². The normalized spacial score (nSPS) is 20.1. The first-order chi connectivity index (χ1) is 13.1. The molecule has 1 aliphatic rings. The molecule has 6 nitrogen and oxygen atoms in total. The predicted molar refractivity (Wildman–Crippen MR) is 102 cm³/mol. The molecule has 0 spiro atoms. The Morgan fingerprint density at radius 3 is 2.81 bits per heavy atom. The fourth-order valence-electron chi connectivity index (χ4n) is 4.07. The summed E-state index contributed by atoms with van der Waals surface area (Å²) in [4.78, 5) is 9.29. The van der Waals surface area contributed by atoms with Crippen LogP contribution >= 0.6 is 11.6 Å². The lowest BCUT2D eigenvalue weighted by atomic mass is 10.1. The number of nitrogens with zero attached hydrogens (tertiary/aromatic N) is 6. The van der Waals surface area contributed by atoms with E-state index < -0.39 is 6.17 Å². The average Bonchev–Trinajstić information content (AvgIpc) is 3.34. The SMILES string of the molecule is Cc1cn(Cc2nc3c(Cl)nc4ccccc4c3n2C2CCC(F)C2)nn1. The number of benzene rings is 1. The van der Waals surface area contributed by atoms with Crippen molar-refractivity contribution in [3.05, 3.63) is 47.1 Å². The van der Waals surface area contributed by atoms with Crippen molar-refractivity contribution in [3.63, 3.8) is 0 Å². The largest absolute Gasteiger partial charge is 0.323 e. The molecule has 1 aromatic carbocycles. The van der Waals surface area contributed by atoms with E-state index in [0.29, 0.717) is 30.1 Å². The summed E-state index contributed by atoms with van der Waals surface area (Å²) in [5.41, 5.74) is 3.24. The smallest absolute Gasteiger partial charge is 0.157 e. The van der Waals surface area contributed by atoms with Gasteiger partial charge in [-0.3, -0.25) is 0 Å². The monoisotopic (exact) mass is 384 g/mol. The van der Waals surface area contributed by atoms with Crippen LogP contribution in [0.3, 0.4) is 0 Å². The molecule has 2 atom stereocenters. The van der Waals surface area contributed by atoms with Gasteiger partial charge in [0.05, 0.1) is 16.7 Å². The number of aromatic nitrogens is 6. The van der Waals surface area contributed by atoms with E-state index in [1.807, 2.05) is 37.4 Å². The molecule has 5 rings (SSSR count). The standard InChI is InChI=1S/C19H18ClFN6/c1-11-9-26(25-24-11)10-16-23-17-18(27(16)13-7-6-12(21)8-13)14-4-2-3-5-15(14)22-19(17)20/h2-5,9,12-13H,6-8,10H2,1H3. The van der Waals surface area contributed by atoms with E-state index in [9.17, 15) is 4.39 Å². The Hall–Kier alpha value is -2.54. The zero-order chi connectivity index (χ0) is 18.5. The van der Waals surface area contributed by atoms with Gasteiger partial charge in [-0.25, -0.2) is 19.0 Å². The number of hydrogen-bond acceptors (Lipinski definition) is 4. The second-order valence-electron chi connectivity index (χ2n) is 7.14. The maximum Gasteiger partial charge on any atom is 0.157 e. The number of rotatable bonds is 3. The van der Waals surface area contributed by atoms with Crippen LogP contribution in [-0.4, -0.2) is 35.7 Å². The van der Waals surface area contributed by atoms with E-state index in [-0.39, 0.29) is 6.04 Å². The highest BCUT2D eigenvalue weighted by atomic mass is 35.5. The van der Waals surface area contributed by atoms with Gasteiger partial charge in [0.1, 0.15) is 24.1 Å². The molecule has 4 aromatic rings. The summed E-state index contributed by atoms with van der Waals surface area (Å²) in [7, 11) is 0. The second kappa shape index (κ2) is 6.27. The van der Waals surface area contributed by atoms with Crippen LogP contribution in [0.25, 0.3) is 21.9 Å². The summed E-state index contributed by atoms with van der Waals surface area (Å²) in [6.07, 6.45) is 2.93. The van der Waals surface area contributed by atoms with Crippen LogP contribution in [0.2, 0.25) is 5.15 Å². The van der Waals surface area contributed by atoms with Crippen LogP contribution in [0, 0.1) is 6.92 Å². The summed E-state index contributed by atoms with van der Waals surface area (Å²) >= 11 is 6.47. The van der Waals surface area contributed by atoms with Gasteiger partial charge in [0.15, 0.2) is 5.15 Å². The predicted octanol–water partition coefficient (Wildman–Crippen LogP) is 4.25. The van der Waals surface area contributed by atoms with Gasteiger partial charge in [-0.15, -0.1) is 5.10 Å². The molecule has 138 valence electrons. The van der Waals surface area contributed by atoms with Crippen molar-refractivity contribution in [3.8, 4) is 0 Å². The third kappa shape index (κ3) is 2.77. The number of para-hydroxylation sites is 1. The van der Waals surface area contributed by atoms with Gasteiger partial charge >= 0.3 is 0 Å². The summed E-state index contributed by atoms with van der Waals surface area (Å²) in [6.45, 7) is 2.35. The fourth-order valence-corrected chi connectivity index (χ4v) is 4.29. The maximum absolute atomic E-state index is 14.0. The Morgan fingerprint density at radius 1 is 1.22 bits per heavy atom. The maximum atomic E-state index is 14.0. The number of imidazole rings is 1. The Morgan fingerprint density at radius 2 is 2.07 bits per heavy atom. The topological polar surface area (TPSA) is 61.4 Å². The van der Waals surface area contributed by atoms with Crippen molar-refractivity contribution in [1.82, 2.24) is 29.5 Å². The fraction of sp³-hybridized carbons (Fsp3) is 0.368. The minimum absolute atomic E-state index is 0.0477. The number of pyridine rings is 1. The zero-order valence-electron chi connectivity index (χ0n) is 14.8. The van der Waals surface area contributed by atoms with Crippen molar-refractivity contribution >= 4 is 33.5 Å². The number of hydrogen-bond donors (Lipinski definition) is 0. The summed E-state index contributed by atoms with van der Waals surface area (Å²) in [6, 6.07) is 7.91. The molecule has 8 heteroatoms. The van der Waals surface area contributed by atoms with E-state index in [2.05, 4.69) is 19.9 Å². The van der Waals surface area contributed by atoms with Crippen molar-refractivity contribution in [1.29, 1.82) is 0 Å². The molecule has 2 unspecified atom stereocenters. The van der Waals surface area contributed by atoms with Gasteiger partial charge in [-0.1, -0.05) is 35.0 Å². The number of halogens is 2. The van der Waals surface area contributed by atoms with Gasteiger partial charge in [0, 0.05) is 17.6 Å². The summed E-state index contributed by atoms with van der Waals surface area (Å²) in [5.74, 6) is 0.800. The first kappa shape index (κ1) is 16.6. The van der Waals surface area contributed by atoms with E-state index >= 15 is 0 Å². The quantitative estimate of drug-likeness (QED) is 0.495. The van der Waals surface area contributed by atoms with Gasteiger partial charge < -0.3 is 4.57 Å². The molecule has 0 aliphatic heterocycles. The molecule has 3 aromatic heterocycles. The van der Waals surface area contributed by atoms with Crippen molar-refractivity contribution in [2.75, 3.05) is 0 Å². The van der Waals surface area contributed by atoms with Crippen LogP contribution in [0.15, 0.2) is 30.5 Å². The zero-order valence-corrected chi connectivity index (χ0v) is 15.6. The third-order valence-corrected chi connectivity index (χ3v) is 5.48. The molecule has 1 aliphatic carbocycles. The highest BCUT2D eigenvalue weighted by molar-refractivity contribution is 6.35. The van der Waals surface area contributed by atoms with E-state index in [1.165, 1.54) is 0 Å². The molecule has 0 N–H and O–H groups in total. The lowest BCUT2D eigenvalue weighted by molar-refractivity contribution is 0.330. The van der Waals surface area contributed by atoms with Crippen LogP contribution in [0.4, 0.5) is 4.39 Å². The molecule has 1 saturated carbocycles. The Kier molecular flexibility index (Phi) is 3.86. The minimum atomic E-state index is -0.780. The lowest BCUT2D eigenvalue weighted by Crippen LogP contribution is -2.14. The first-order valence-corrected chi connectivity index (χ1v) is 9.44. The van der Waals surface area contributed by atoms with Gasteiger partial charge in [-0.05, 0) is 32.3 Å². The number of alkyl halides is 1. The molecular formula is C19H18ClFN6. The lowest BCUT2D eigenvalue weighted by Gasteiger charge is -2.17. The average molecular weight is 385 g/mol. The van der Waals surface area contributed by atoms with Crippen LogP contribution in [0.5, 0.6) is 0 Å². The van der Waals surface area contributed by atoms with E-state index in [1.54, 1.807) is 4.68 Å². The van der Waals surface area contributed by atoms with Crippen LogP contribution < -0.4 is 0 Å². The first-order valence-electron chi connectivity index (χ1n) is 9.06. The minimum Gasteiger partial charge on any atom is -0.323 e. The molecule has 0 bridgehead atoms. The highest BCUT2D eigenvalue weighted by Crippen LogP contribution is 2.38. The summed E-state index contributed by atoms with van der Waals surface area (Å²) in [5, 5.41) is 9.54. The van der Waals surface area contributed by atoms with Crippen molar-refractivity contribution in [2.45, 2.75) is 44.9 Å². The molecule has 1 fully saturated rings. The highest BCUT2D eigenvalue weighted by Gasteiger charge is 2.30. The molecular weight excluding hydrogens is 367 g/mol. The number of fused-ring (bicyclic) bond motifs is 3. The Balaban J connectivity index is 1.78. The van der Waals surface area contributed by atoms with E-state index in [0.717, 1.165) is 34.4 Å². The van der Waals surface area contributed by atoms with Crippen LogP contribution in [0.1, 0.15) is 36.8 Å². The molecule has 0 amide bonds. The second-order valence-corrected chi connectivity index (χ2v) is 7.49.